The molecule has 0 aromatic heterocycles. The number of hydrogen-bond acceptors (Lipinski definition) is 4. The number of carbonyl (C=O) groups is 1. The summed E-state index contributed by atoms with van der Waals surface area (Å²) in [6.45, 7) is 0. The molecule has 0 amide bonds. The van der Waals surface area contributed by atoms with Gasteiger partial charge in [0.25, 0.3) is 0 Å². The zero-order chi connectivity index (χ0) is 14.8. The van der Waals surface area contributed by atoms with Crippen molar-refractivity contribution in [1.29, 1.82) is 0 Å². The van der Waals surface area contributed by atoms with Crippen molar-refractivity contribution >= 4 is 17.8 Å². The van der Waals surface area contributed by atoms with Gasteiger partial charge in [-0.1, -0.05) is 30.3 Å². The summed E-state index contributed by atoms with van der Waals surface area (Å²) in [5.74, 6) is 1.21. The maximum Gasteiger partial charge on any atom is 0.344 e. The number of rotatable bonds is 3. The van der Waals surface area contributed by atoms with E-state index in [-0.39, 0.29) is 5.97 Å². The van der Waals surface area contributed by atoms with Gasteiger partial charge in [0.1, 0.15) is 5.76 Å². The second-order valence-corrected chi connectivity index (χ2v) is 4.56. The van der Waals surface area contributed by atoms with E-state index in [1.807, 2.05) is 36.4 Å². The van der Waals surface area contributed by atoms with Crippen LogP contribution in [-0.4, -0.2) is 20.2 Å². The highest BCUT2D eigenvalue weighted by Gasteiger charge is 2.28. The van der Waals surface area contributed by atoms with E-state index < -0.39 is 0 Å². The lowest BCUT2D eigenvalue weighted by atomic mass is 10.1. The Morgan fingerprint density at radius 3 is 2.19 bits per heavy atom. The highest BCUT2D eigenvalue weighted by Crippen LogP contribution is 2.39. The molecule has 0 aliphatic carbocycles. The van der Waals surface area contributed by atoms with E-state index in [9.17, 15) is 4.79 Å². The quantitative estimate of drug-likeness (QED) is 0.810. The molecule has 0 spiro atoms. The average Bonchev–Trinajstić information content (AvgIpc) is 2.82. The molecule has 2 aromatic carbocycles. The topological polar surface area (TPSA) is 44.8 Å². The molecule has 0 saturated carbocycles. The fraction of sp³-hybridized carbons (Fsp3) is 0.118. The lowest BCUT2D eigenvalue weighted by Crippen LogP contribution is -1.96. The van der Waals surface area contributed by atoms with Crippen molar-refractivity contribution in [3.8, 4) is 11.5 Å². The Morgan fingerprint density at radius 1 is 0.952 bits per heavy atom. The first-order chi connectivity index (χ1) is 10.2. The van der Waals surface area contributed by atoms with Crippen LogP contribution < -0.4 is 9.47 Å². The molecule has 0 saturated heterocycles. The smallest absolute Gasteiger partial charge is 0.344 e. The molecule has 0 fully saturated rings. The van der Waals surface area contributed by atoms with E-state index in [0.29, 0.717) is 28.4 Å². The molecule has 0 bridgehead atoms. The molecule has 1 aliphatic rings. The SMILES string of the molecule is COc1cc2c(cc1OC)/C(=C\c1ccccc1)OC2=O. The van der Waals surface area contributed by atoms with E-state index in [1.165, 1.54) is 7.11 Å². The largest absolute Gasteiger partial charge is 0.493 e. The standard InChI is InChI=1S/C17H14O4/c1-19-15-9-12-13(10-16(15)20-2)17(18)21-14(12)8-11-6-4-3-5-7-11/h3-10H,1-2H3/b14-8+. The summed E-state index contributed by atoms with van der Waals surface area (Å²) >= 11 is 0. The van der Waals surface area contributed by atoms with Gasteiger partial charge in [0.2, 0.25) is 0 Å². The number of esters is 1. The molecule has 0 N–H and O–H groups in total. The molecule has 2 aromatic rings. The minimum atomic E-state index is -0.381. The number of cyclic esters (lactones) is 1. The summed E-state index contributed by atoms with van der Waals surface area (Å²) in [5, 5.41) is 0. The Bertz CT molecular complexity index is 717. The fourth-order valence-electron chi connectivity index (χ4n) is 2.27. The number of methoxy groups -OCH3 is 2. The second kappa shape index (κ2) is 5.32. The van der Waals surface area contributed by atoms with E-state index in [1.54, 1.807) is 19.2 Å². The van der Waals surface area contributed by atoms with Crippen LogP contribution in [0.2, 0.25) is 0 Å². The molecule has 0 unspecified atom stereocenters. The first-order valence-electron chi connectivity index (χ1n) is 6.48. The predicted octanol–water partition coefficient (Wildman–Crippen LogP) is 3.37. The van der Waals surface area contributed by atoms with Crippen LogP contribution >= 0.6 is 0 Å². The minimum absolute atomic E-state index is 0.381. The summed E-state index contributed by atoms with van der Waals surface area (Å²) < 4.78 is 15.8. The zero-order valence-electron chi connectivity index (χ0n) is 11.8. The average molecular weight is 282 g/mol. The van der Waals surface area contributed by atoms with Crippen LogP contribution in [0.3, 0.4) is 0 Å². The van der Waals surface area contributed by atoms with Crippen molar-refractivity contribution < 1.29 is 19.0 Å². The molecule has 106 valence electrons. The summed E-state index contributed by atoms with van der Waals surface area (Å²) in [4.78, 5) is 12.0. The third-order valence-electron chi connectivity index (χ3n) is 3.31. The highest BCUT2D eigenvalue weighted by molar-refractivity contribution is 6.06. The van der Waals surface area contributed by atoms with Gasteiger partial charge in [-0.25, -0.2) is 4.79 Å². The van der Waals surface area contributed by atoms with Gasteiger partial charge in [0.15, 0.2) is 11.5 Å². The van der Waals surface area contributed by atoms with E-state index in [0.717, 1.165) is 5.56 Å². The van der Waals surface area contributed by atoms with Crippen LogP contribution in [0.25, 0.3) is 11.8 Å². The first-order valence-corrected chi connectivity index (χ1v) is 6.48. The first kappa shape index (κ1) is 13.2. The summed E-state index contributed by atoms with van der Waals surface area (Å²) in [6.07, 6.45) is 1.83. The van der Waals surface area contributed by atoms with Crippen LogP contribution in [0.1, 0.15) is 21.5 Å². The Labute approximate surface area is 122 Å². The molecule has 1 heterocycles. The maximum atomic E-state index is 12.0. The van der Waals surface area contributed by atoms with Crippen LogP contribution in [0.5, 0.6) is 11.5 Å². The van der Waals surface area contributed by atoms with Crippen molar-refractivity contribution in [2.45, 2.75) is 0 Å². The summed E-state index contributed by atoms with van der Waals surface area (Å²) in [6, 6.07) is 13.1. The van der Waals surface area contributed by atoms with Gasteiger partial charge in [-0.15, -0.1) is 0 Å². The molecule has 0 radical (unpaired) electrons. The third kappa shape index (κ3) is 2.36. The number of fused-ring (bicyclic) bond motifs is 1. The lowest BCUT2D eigenvalue weighted by Gasteiger charge is -2.08. The number of carbonyl (C=O) groups excluding carboxylic acids is 1. The van der Waals surface area contributed by atoms with Gasteiger partial charge in [0, 0.05) is 5.56 Å². The molecule has 0 atom stereocenters. The predicted molar refractivity (Wildman–Crippen MR) is 79.3 cm³/mol. The van der Waals surface area contributed by atoms with Crippen molar-refractivity contribution in [2.24, 2.45) is 0 Å². The number of benzene rings is 2. The van der Waals surface area contributed by atoms with Crippen LogP contribution in [0.4, 0.5) is 0 Å². The van der Waals surface area contributed by atoms with Gasteiger partial charge in [-0.2, -0.15) is 0 Å². The Kier molecular flexibility index (Phi) is 3.36. The molecule has 21 heavy (non-hydrogen) atoms. The second-order valence-electron chi connectivity index (χ2n) is 4.56. The molecular weight excluding hydrogens is 268 g/mol. The Balaban J connectivity index is 2.11. The van der Waals surface area contributed by atoms with Gasteiger partial charge < -0.3 is 14.2 Å². The Morgan fingerprint density at radius 2 is 1.57 bits per heavy atom. The van der Waals surface area contributed by atoms with Gasteiger partial charge >= 0.3 is 5.97 Å². The van der Waals surface area contributed by atoms with Crippen molar-refractivity contribution in [3.05, 3.63) is 59.2 Å². The summed E-state index contributed by atoms with van der Waals surface area (Å²) in [7, 11) is 3.09. The Hall–Kier alpha value is -2.75. The van der Waals surface area contributed by atoms with Gasteiger partial charge in [0.05, 0.1) is 19.8 Å². The monoisotopic (exact) mass is 282 g/mol. The zero-order valence-corrected chi connectivity index (χ0v) is 11.8. The van der Waals surface area contributed by atoms with Crippen LogP contribution in [0, 0.1) is 0 Å². The van der Waals surface area contributed by atoms with E-state index >= 15 is 0 Å². The van der Waals surface area contributed by atoms with Crippen LogP contribution in [0.15, 0.2) is 42.5 Å². The normalized spacial score (nSPS) is 14.8. The van der Waals surface area contributed by atoms with Gasteiger partial charge in [-0.05, 0) is 23.8 Å². The highest BCUT2D eigenvalue weighted by atomic mass is 16.5. The number of hydrogen-bond donors (Lipinski definition) is 0. The fourth-order valence-corrected chi connectivity index (χ4v) is 2.27. The minimum Gasteiger partial charge on any atom is -0.493 e. The molecular formula is C17H14O4. The molecule has 4 nitrogen and oxygen atoms in total. The lowest BCUT2D eigenvalue weighted by molar-refractivity contribution is 0.0717. The van der Waals surface area contributed by atoms with Crippen LogP contribution in [-0.2, 0) is 4.74 Å². The molecule has 3 rings (SSSR count). The van der Waals surface area contributed by atoms with E-state index in [4.69, 9.17) is 14.2 Å². The van der Waals surface area contributed by atoms with E-state index in [2.05, 4.69) is 0 Å². The van der Waals surface area contributed by atoms with Crippen molar-refractivity contribution in [2.75, 3.05) is 14.2 Å². The van der Waals surface area contributed by atoms with Crippen molar-refractivity contribution in [1.82, 2.24) is 0 Å². The summed E-state index contributed by atoms with van der Waals surface area (Å²) in [5.41, 5.74) is 2.15. The molecule has 4 heteroatoms. The molecule has 1 aliphatic heterocycles. The van der Waals surface area contributed by atoms with Gasteiger partial charge in [-0.3, -0.25) is 0 Å². The van der Waals surface area contributed by atoms with Crippen molar-refractivity contribution in [3.63, 3.8) is 0 Å². The third-order valence-corrected chi connectivity index (χ3v) is 3.31. The number of ether oxygens (including phenoxy) is 3. The maximum absolute atomic E-state index is 12.0.